The van der Waals surface area contributed by atoms with E-state index in [1.807, 2.05) is 25.1 Å². The summed E-state index contributed by atoms with van der Waals surface area (Å²) in [6, 6.07) is 10.6. The van der Waals surface area contributed by atoms with E-state index in [9.17, 15) is 9.90 Å². The number of hydrogen-bond acceptors (Lipinski definition) is 3. The van der Waals surface area contributed by atoms with Crippen LogP contribution in [0, 0.1) is 0 Å². The van der Waals surface area contributed by atoms with Crippen LogP contribution >= 0.6 is 31.9 Å². The molecule has 0 unspecified atom stereocenters. The van der Waals surface area contributed by atoms with Crippen molar-refractivity contribution in [1.29, 1.82) is 0 Å². The van der Waals surface area contributed by atoms with Crippen LogP contribution in [0.1, 0.15) is 28.6 Å². The number of rotatable bonds is 3. The average Bonchev–Trinajstić information content (AvgIpc) is 2.93. The predicted molar refractivity (Wildman–Crippen MR) is 92.5 cm³/mol. The van der Waals surface area contributed by atoms with Gasteiger partial charge < -0.3 is 9.52 Å². The third-order valence-corrected chi connectivity index (χ3v) is 4.67. The van der Waals surface area contributed by atoms with Crippen LogP contribution in [0.5, 0.6) is 5.75 Å². The Morgan fingerprint density at radius 3 is 2.41 bits per heavy atom. The number of ketones is 1. The second kappa shape index (κ2) is 5.89. The molecule has 3 nitrogen and oxygen atoms in total. The van der Waals surface area contributed by atoms with Crippen LogP contribution in [0.15, 0.2) is 49.8 Å². The first-order chi connectivity index (χ1) is 10.5. The van der Waals surface area contributed by atoms with Crippen LogP contribution in [-0.4, -0.2) is 10.9 Å². The van der Waals surface area contributed by atoms with Crippen molar-refractivity contribution in [3.8, 4) is 5.75 Å². The highest BCUT2D eigenvalue weighted by Gasteiger charge is 2.15. The van der Waals surface area contributed by atoms with Gasteiger partial charge in [-0.2, -0.15) is 0 Å². The molecule has 0 aliphatic heterocycles. The third kappa shape index (κ3) is 2.71. The second-order valence-electron chi connectivity index (χ2n) is 4.94. The highest BCUT2D eigenvalue weighted by molar-refractivity contribution is 9.11. The molecule has 2 aromatic carbocycles. The number of aromatic hydroxyl groups is 1. The van der Waals surface area contributed by atoms with Crippen molar-refractivity contribution < 1.29 is 14.3 Å². The fourth-order valence-corrected chi connectivity index (χ4v) is 3.46. The van der Waals surface area contributed by atoms with Gasteiger partial charge in [-0.3, -0.25) is 4.79 Å². The Balaban J connectivity index is 2.04. The summed E-state index contributed by atoms with van der Waals surface area (Å²) in [6.45, 7) is 2.02. The Bertz CT molecular complexity index is 858. The van der Waals surface area contributed by atoms with E-state index in [0.717, 1.165) is 23.2 Å². The van der Waals surface area contributed by atoms with Crippen molar-refractivity contribution in [2.75, 3.05) is 0 Å². The van der Waals surface area contributed by atoms with E-state index >= 15 is 0 Å². The van der Waals surface area contributed by atoms with Gasteiger partial charge in [0.2, 0.25) is 0 Å². The lowest BCUT2D eigenvalue weighted by Crippen LogP contribution is -2.01. The number of fused-ring (bicyclic) bond motifs is 1. The monoisotopic (exact) mass is 422 g/mol. The van der Waals surface area contributed by atoms with Crippen molar-refractivity contribution in [3.05, 3.63) is 62.2 Å². The van der Waals surface area contributed by atoms with Gasteiger partial charge in [0.05, 0.1) is 8.95 Å². The molecular formula is C17H12Br2O3. The van der Waals surface area contributed by atoms with E-state index in [0.29, 0.717) is 20.1 Å². The number of furan rings is 1. The maximum Gasteiger partial charge on any atom is 0.193 e. The smallest absolute Gasteiger partial charge is 0.193 e. The lowest BCUT2D eigenvalue weighted by Gasteiger charge is -2.05. The van der Waals surface area contributed by atoms with Gasteiger partial charge >= 0.3 is 0 Å². The Hall–Kier alpha value is -1.59. The standard InChI is InChI=1S/C17H12Br2O3/c1-2-12-6-10-5-9(3-4-15(10)22-12)16(20)11-7-13(18)17(21)14(19)8-11/h3-8,21H,2H2,1H3. The van der Waals surface area contributed by atoms with E-state index in [-0.39, 0.29) is 11.5 Å². The quantitative estimate of drug-likeness (QED) is 0.569. The number of carbonyl (C=O) groups is 1. The highest BCUT2D eigenvalue weighted by atomic mass is 79.9. The lowest BCUT2D eigenvalue weighted by molar-refractivity contribution is 0.103. The molecular weight excluding hydrogens is 412 g/mol. The minimum absolute atomic E-state index is 0.0782. The van der Waals surface area contributed by atoms with Crippen LogP contribution in [-0.2, 0) is 6.42 Å². The minimum atomic E-state index is -0.109. The van der Waals surface area contributed by atoms with Gasteiger partial charge in [-0.25, -0.2) is 0 Å². The number of phenols is 1. The SMILES string of the molecule is CCc1cc2cc(C(=O)c3cc(Br)c(O)c(Br)c3)ccc2o1. The third-order valence-electron chi connectivity index (χ3n) is 3.46. The number of phenolic OH excluding ortho intramolecular Hbond substituents is 1. The Labute approximate surface area is 144 Å². The molecule has 3 rings (SSSR count). The summed E-state index contributed by atoms with van der Waals surface area (Å²) in [5, 5.41) is 10.7. The van der Waals surface area contributed by atoms with Crippen LogP contribution in [0.25, 0.3) is 11.0 Å². The summed E-state index contributed by atoms with van der Waals surface area (Å²) >= 11 is 6.49. The maximum atomic E-state index is 12.6. The van der Waals surface area contributed by atoms with Gasteiger partial charge in [0.1, 0.15) is 17.1 Å². The van der Waals surface area contributed by atoms with Gasteiger partial charge in [-0.05, 0) is 68.3 Å². The second-order valence-corrected chi connectivity index (χ2v) is 6.65. The predicted octanol–water partition coefficient (Wildman–Crippen LogP) is 5.46. The van der Waals surface area contributed by atoms with Gasteiger partial charge in [0.25, 0.3) is 0 Å². The Kier molecular flexibility index (Phi) is 4.10. The summed E-state index contributed by atoms with van der Waals surface area (Å²) in [6.07, 6.45) is 0.815. The van der Waals surface area contributed by atoms with Crippen LogP contribution in [0.3, 0.4) is 0 Å². The van der Waals surface area contributed by atoms with Gasteiger partial charge in [0, 0.05) is 22.9 Å². The van der Waals surface area contributed by atoms with E-state index in [1.165, 1.54) is 0 Å². The average molecular weight is 424 g/mol. The molecule has 0 saturated heterocycles. The van der Waals surface area contributed by atoms with Crippen molar-refractivity contribution in [3.63, 3.8) is 0 Å². The number of aryl methyl sites for hydroxylation is 1. The molecule has 0 spiro atoms. The fourth-order valence-electron chi connectivity index (χ4n) is 2.28. The molecule has 0 saturated carbocycles. The minimum Gasteiger partial charge on any atom is -0.506 e. The number of benzene rings is 2. The molecule has 0 bridgehead atoms. The van der Waals surface area contributed by atoms with Crippen molar-refractivity contribution in [1.82, 2.24) is 0 Å². The first-order valence-electron chi connectivity index (χ1n) is 6.74. The molecule has 0 aliphatic carbocycles. The summed E-state index contributed by atoms with van der Waals surface area (Å²) in [4.78, 5) is 12.6. The largest absolute Gasteiger partial charge is 0.506 e. The molecule has 0 amide bonds. The zero-order valence-corrected chi connectivity index (χ0v) is 14.9. The number of hydrogen-bond donors (Lipinski definition) is 1. The molecule has 1 heterocycles. The molecule has 0 fully saturated rings. The zero-order chi connectivity index (χ0) is 15.9. The molecule has 112 valence electrons. The molecule has 1 N–H and O–H groups in total. The number of halogens is 2. The zero-order valence-electron chi connectivity index (χ0n) is 11.7. The van der Waals surface area contributed by atoms with E-state index < -0.39 is 0 Å². The summed E-state index contributed by atoms with van der Waals surface area (Å²) in [7, 11) is 0. The van der Waals surface area contributed by atoms with Crippen LogP contribution in [0.2, 0.25) is 0 Å². The number of carbonyl (C=O) groups excluding carboxylic acids is 1. The molecule has 0 aliphatic rings. The molecule has 5 heteroatoms. The van der Waals surface area contributed by atoms with E-state index in [4.69, 9.17) is 4.42 Å². The van der Waals surface area contributed by atoms with Crippen molar-refractivity contribution in [2.45, 2.75) is 13.3 Å². The van der Waals surface area contributed by atoms with Gasteiger partial charge in [0.15, 0.2) is 5.78 Å². The molecule has 1 aromatic heterocycles. The first kappa shape index (κ1) is 15.3. The fraction of sp³-hybridized carbons (Fsp3) is 0.118. The molecule has 3 aromatic rings. The van der Waals surface area contributed by atoms with Crippen LogP contribution in [0.4, 0.5) is 0 Å². The normalized spacial score (nSPS) is 11.0. The molecule has 0 radical (unpaired) electrons. The Morgan fingerprint density at radius 1 is 1.09 bits per heavy atom. The summed E-state index contributed by atoms with van der Waals surface area (Å²) in [5.41, 5.74) is 1.86. The summed E-state index contributed by atoms with van der Waals surface area (Å²) in [5.74, 6) is 0.867. The van der Waals surface area contributed by atoms with E-state index in [2.05, 4.69) is 31.9 Å². The molecule has 22 heavy (non-hydrogen) atoms. The highest BCUT2D eigenvalue weighted by Crippen LogP contribution is 2.34. The van der Waals surface area contributed by atoms with Gasteiger partial charge in [-0.1, -0.05) is 6.92 Å². The topological polar surface area (TPSA) is 50.4 Å². The van der Waals surface area contributed by atoms with Gasteiger partial charge in [-0.15, -0.1) is 0 Å². The van der Waals surface area contributed by atoms with E-state index in [1.54, 1.807) is 18.2 Å². The maximum absolute atomic E-state index is 12.6. The summed E-state index contributed by atoms with van der Waals surface area (Å²) < 4.78 is 6.60. The molecule has 0 atom stereocenters. The van der Waals surface area contributed by atoms with Crippen molar-refractivity contribution >= 4 is 48.6 Å². The Morgan fingerprint density at radius 2 is 1.77 bits per heavy atom. The van der Waals surface area contributed by atoms with Crippen molar-refractivity contribution in [2.24, 2.45) is 0 Å². The first-order valence-corrected chi connectivity index (χ1v) is 8.33. The lowest BCUT2D eigenvalue weighted by atomic mass is 10.0. The van der Waals surface area contributed by atoms with Crippen LogP contribution < -0.4 is 0 Å².